The number of hydrogen-bond acceptors (Lipinski definition) is 3. The topological polar surface area (TPSA) is 37.8 Å². The first-order valence-corrected chi connectivity index (χ1v) is 9.55. The maximum Gasteiger partial charge on any atom is 0.267 e. The molecular weight excluding hydrogens is 336 g/mol. The van der Waals surface area contributed by atoms with Gasteiger partial charge in [-0.15, -0.1) is 11.3 Å². The molecule has 1 aliphatic rings. The molecule has 1 aromatic carbocycles. The van der Waals surface area contributed by atoms with Crippen LogP contribution >= 0.6 is 23.6 Å². The van der Waals surface area contributed by atoms with E-state index in [9.17, 15) is 4.79 Å². The second kappa shape index (κ2) is 5.67. The molecule has 0 saturated carbocycles. The van der Waals surface area contributed by atoms with Crippen LogP contribution in [0.15, 0.2) is 23.0 Å². The minimum Gasteiger partial charge on any atom is -0.323 e. The molecule has 1 aliphatic carbocycles. The van der Waals surface area contributed by atoms with Gasteiger partial charge in [0, 0.05) is 4.88 Å². The number of nitrogens with zero attached hydrogens (tertiary/aromatic N) is 1. The van der Waals surface area contributed by atoms with Gasteiger partial charge < -0.3 is 4.98 Å². The number of aromatic amines is 1. The normalized spacial score (nSPS) is 17.2. The van der Waals surface area contributed by atoms with E-state index >= 15 is 0 Å². The van der Waals surface area contributed by atoms with Crippen molar-refractivity contribution >= 4 is 33.8 Å². The van der Waals surface area contributed by atoms with Gasteiger partial charge in [0.2, 0.25) is 0 Å². The van der Waals surface area contributed by atoms with E-state index in [1.807, 2.05) is 18.2 Å². The number of thiophene rings is 1. The third-order valence-electron chi connectivity index (χ3n) is 5.10. The first kappa shape index (κ1) is 15.8. The van der Waals surface area contributed by atoms with E-state index in [1.54, 1.807) is 15.9 Å². The van der Waals surface area contributed by atoms with Crippen molar-refractivity contribution in [3.05, 3.63) is 54.9 Å². The van der Waals surface area contributed by atoms with Crippen LogP contribution in [0, 0.1) is 24.5 Å². The molecule has 1 atom stereocenters. The summed E-state index contributed by atoms with van der Waals surface area (Å²) in [6.07, 6.45) is 3.21. The molecular formula is C19H20N2OS2. The Bertz CT molecular complexity index is 1070. The Balaban J connectivity index is 2.02. The Labute approximate surface area is 150 Å². The fourth-order valence-corrected chi connectivity index (χ4v) is 5.28. The Hall–Kier alpha value is -1.72. The Morgan fingerprint density at radius 1 is 1.29 bits per heavy atom. The number of H-pyrrole nitrogens is 1. The van der Waals surface area contributed by atoms with Crippen molar-refractivity contribution < 1.29 is 0 Å². The fraction of sp³-hybridized carbons (Fsp3) is 0.368. The van der Waals surface area contributed by atoms with E-state index in [4.69, 9.17) is 12.2 Å². The largest absolute Gasteiger partial charge is 0.323 e. The molecule has 0 spiro atoms. The summed E-state index contributed by atoms with van der Waals surface area (Å²) in [6.45, 7) is 6.41. The molecule has 2 heterocycles. The van der Waals surface area contributed by atoms with Crippen molar-refractivity contribution in [2.75, 3.05) is 0 Å². The average molecular weight is 357 g/mol. The van der Waals surface area contributed by atoms with Crippen molar-refractivity contribution in [1.82, 2.24) is 9.55 Å². The first-order chi connectivity index (χ1) is 11.5. The summed E-state index contributed by atoms with van der Waals surface area (Å²) >= 11 is 7.21. The summed E-state index contributed by atoms with van der Waals surface area (Å²) < 4.78 is 2.12. The van der Waals surface area contributed by atoms with Crippen molar-refractivity contribution in [3.8, 4) is 5.69 Å². The van der Waals surface area contributed by atoms with Crippen LogP contribution in [0.3, 0.4) is 0 Å². The van der Waals surface area contributed by atoms with E-state index in [-0.39, 0.29) is 5.56 Å². The molecule has 2 aromatic heterocycles. The zero-order chi connectivity index (χ0) is 17.0. The molecule has 3 aromatic rings. The van der Waals surface area contributed by atoms with Gasteiger partial charge in [-0.2, -0.15) is 0 Å². The maximum absolute atomic E-state index is 13.2. The van der Waals surface area contributed by atoms with E-state index in [0.717, 1.165) is 40.7 Å². The van der Waals surface area contributed by atoms with E-state index in [2.05, 4.69) is 25.8 Å². The predicted molar refractivity (Wildman–Crippen MR) is 103 cm³/mol. The molecule has 124 valence electrons. The second-order valence-corrected chi connectivity index (χ2v) is 8.39. The zero-order valence-corrected chi connectivity index (χ0v) is 15.7. The van der Waals surface area contributed by atoms with Crippen molar-refractivity contribution in [2.45, 2.75) is 40.0 Å². The molecule has 0 unspecified atom stereocenters. The Kier molecular flexibility index (Phi) is 3.73. The second-order valence-electron chi connectivity index (χ2n) is 6.90. The molecule has 5 heteroatoms. The molecule has 0 bridgehead atoms. The minimum atomic E-state index is 0.0176. The summed E-state index contributed by atoms with van der Waals surface area (Å²) in [5.41, 5.74) is 4.47. The van der Waals surface area contributed by atoms with Gasteiger partial charge >= 0.3 is 0 Å². The van der Waals surface area contributed by atoms with Gasteiger partial charge in [0.05, 0.1) is 11.1 Å². The van der Waals surface area contributed by atoms with Crippen LogP contribution in [-0.2, 0) is 12.8 Å². The quantitative estimate of drug-likeness (QED) is 0.633. The Morgan fingerprint density at radius 3 is 2.83 bits per heavy atom. The molecule has 0 amide bonds. The number of fused-ring (bicyclic) bond motifs is 3. The highest BCUT2D eigenvalue weighted by Crippen LogP contribution is 2.35. The molecule has 0 radical (unpaired) electrons. The smallest absolute Gasteiger partial charge is 0.267 e. The van der Waals surface area contributed by atoms with Gasteiger partial charge in [0.1, 0.15) is 4.83 Å². The SMILES string of the molecule is Cc1ccc(-n2c(=S)[nH]c3sc4c(c3c2=O)CC[C@H](C)C4)cc1C. The van der Waals surface area contributed by atoms with Gasteiger partial charge in [-0.05, 0) is 80.1 Å². The van der Waals surface area contributed by atoms with Crippen molar-refractivity contribution in [3.63, 3.8) is 0 Å². The minimum absolute atomic E-state index is 0.0176. The fourth-order valence-electron chi connectivity index (χ4n) is 3.52. The number of aryl methyl sites for hydroxylation is 3. The van der Waals surface area contributed by atoms with E-state index in [1.165, 1.54) is 16.0 Å². The standard InChI is InChI=1S/C19H20N2OS2/c1-10-4-7-14-15(8-10)24-17-16(14)18(22)21(19(23)20-17)13-6-5-11(2)12(3)9-13/h5-6,9-10H,4,7-8H2,1-3H3,(H,20,23)/t10-/m0/s1. The number of nitrogens with one attached hydrogen (secondary N) is 1. The lowest BCUT2D eigenvalue weighted by Gasteiger charge is -2.17. The average Bonchev–Trinajstić information content (AvgIpc) is 2.87. The lowest BCUT2D eigenvalue weighted by molar-refractivity contribution is 0.509. The number of aromatic nitrogens is 2. The van der Waals surface area contributed by atoms with Gasteiger partial charge in [-0.3, -0.25) is 9.36 Å². The van der Waals surface area contributed by atoms with Crippen LogP contribution in [0.5, 0.6) is 0 Å². The highest BCUT2D eigenvalue weighted by atomic mass is 32.1. The lowest BCUT2D eigenvalue weighted by Crippen LogP contribution is -2.21. The third kappa shape index (κ3) is 2.38. The summed E-state index contributed by atoms with van der Waals surface area (Å²) in [4.78, 5) is 18.8. The van der Waals surface area contributed by atoms with Crippen LogP contribution < -0.4 is 5.56 Å². The monoisotopic (exact) mass is 356 g/mol. The number of rotatable bonds is 1. The molecule has 3 nitrogen and oxygen atoms in total. The molecule has 1 N–H and O–H groups in total. The maximum atomic E-state index is 13.2. The van der Waals surface area contributed by atoms with Gasteiger partial charge in [0.15, 0.2) is 4.77 Å². The number of benzene rings is 1. The summed E-state index contributed by atoms with van der Waals surface area (Å²) in [7, 11) is 0. The van der Waals surface area contributed by atoms with Crippen molar-refractivity contribution in [2.24, 2.45) is 5.92 Å². The van der Waals surface area contributed by atoms with Crippen LogP contribution in [-0.4, -0.2) is 9.55 Å². The van der Waals surface area contributed by atoms with Gasteiger partial charge in [-0.1, -0.05) is 13.0 Å². The zero-order valence-electron chi connectivity index (χ0n) is 14.1. The van der Waals surface area contributed by atoms with Gasteiger partial charge in [-0.25, -0.2) is 0 Å². The molecule has 24 heavy (non-hydrogen) atoms. The van der Waals surface area contributed by atoms with Crippen LogP contribution in [0.4, 0.5) is 0 Å². The van der Waals surface area contributed by atoms with E-state index < -0.39 is 0 Å². The van der Waals surface area contributed by atoms with Crippen LogP contribution in [0.25, 0.3) is 15.9 Å². The highest BCUT2D eigenvalue weighted by Gasteiger charge is 2.23. The number of hydrogen-bond donors (Lipinski definition) is 1. The predicted octanol–water partition coefficient (Wildman–Crippen LogP) is 4.85. The van der Waals surface area contributed by atoms with Crippen molar-refractivity contribution in [1.29, 1.82) is 0 Å². The van der Waals surface area contributed by atoms with Crippen LogP contribution in [0.2, 0.25) is 0 Å². The molecule has 0 aliphatic heterocycles. The summed E-state index contributed by atoms with van der Waals surface area (Å²) in [5.74, 6) is 0.690. The highest BCUT2D eigenvalue weighted by molar-refractivity contribution is 7.71. The summed E-state index contributed by atoms with van der Waals surface area (Å²) in [6, 6.07) is 6.05. The van der Waals surface area contributed by atoms with Gasteiger partial charge in [0.25, 0.3) is 5.56 Å². The first-order valence-electron chi connectivity index (χ1n) is 8.33. The van der Waals surface area contributed by atoms with Crippen LogP contribution in [0.1, 0.15) is 34.9 Å². The Morgan fingerprint density at radius 2 is 2.08 bits per heavy atom. The summed E-state index contributed by atoms with van der Waals surface area (Å²) in [5, 5.41) is 0.841. The van der Waals surface area contributed by atoms with E-state index in [0.29, 0.717) is 10.7 Å². The third-order valence-corrected chi connectivity index (χ3v) is 6.56. The molecule has 0 fully saturated rings. The molecule has 0 saturated heterocycles. The lowest BCUT2D eigenvalue weighted by atomic mass is 9.89. The molecule has 4 rings (SSSR count).